The second kappa shape index (κ2) is 25.5. The van der Waals surface area contributed by atoms with Crippen molar-refractivity contribution in [3.63, 3.8) is 0 Å². The van der Waals surface area contributed by atoms with E-state index < -0.39 is 48.0 Å². The van der Waals surface area contributed by atoms with Crippen LogP contribution in [0.2, 0.25) is 0 Å². The van der Waals surface area contributed by atoms with E-state index in [0.717, 1.165) is 41.6 Å². The molecule has 4 atom stereocenters. The largest absolute Gasteiger partial charge is 0.480 e. The average molecular weight is 675 g/mol. The molecule has 1 aromatic heterocycles. The van der Waals surface area contributed by atoms with Gasteiger partial charge in [-0.25, -0.2) is 0 Å². The van der Waals surface area contributed by atoms with Crippen molar-refractivity contribution in [2.45, 2.75) is 70.1 Å². The number of rotatable bonds is 12. The topological polar surface area (TPSA) is 318 Å². The van der Waals surface area contributed by atoms with Crippen molar-refractivity contribution in [2.24, 2.45) is 28.9 Å². The number of carbonyl (C=O) groups is 5. The van der Waals surface area contributed by atoms with Crippen LogP contribution in [-0.2, 0) is 30.4 Å². The summed E-state index contributed by atoms with van der Waals surface area (Å²) in [6.07, 6.45) is 6.97. The Kier molecular flexibility index (Phi) is 24.6. The summed E-state index contributed by atoms with van der Waals surface area (Å²) in [5.74, 6) is -3.32. The van der Waals surface area contributed by atoms with E-state index in [9.17, 15) is 24.0 Å². The first-order valence-electron chi connectivity index (χ1n) is 14.3. The maximum absolute atomic E-state index is 10.6. The third-order valence-electron chi connectivity index (χ3n) is 5.96. The molecule has 1 saturated heterocycles. The number of aromatic nitrogens is 1. The number of nitrogens with two attached hydrogens (primary N) is 4. The highest BCUT2D eigenvalue weighted by atomic mass is 32.2. The van der Waals surface area contributed by atoms with Crippen molar-refractivity contribution < 1.29 is 49.5 Å². The average Bonchev–Trinajstić information content (AvgIpc) is 3.68. The third-order valence-corrected chi connectivity index (χ3v) is 6.60. The fourth-order valence-electron chi connectivity index (χ4n) is 3.50. The molecule has 1 aliphatic rings. The molecule has 46 heavy (non-hydrogen) atoms. The highest BCUT2D eigenvalue weighted by Crippen LogP contribution is 2.18. The molecule has 2 heterocycles. The van der Waals surface area contributed by atoms with Gasteiger partial charge in [0.25, 0.3) is 0 Å². The molecule has 0 bridgehead atoms. The summed E-state index contributed by atoms with van der Waals surface area (Å²) in [4.78, 5) is 53.3. The first-order valence-corrected chi connectivity index (χ1v) is 15.7. The Balaban J connectivity index is 0. The number of fused-ring (bicyclic) bond motifs is 1. The van der Waals surface area contributed by atoms with Gasteiger partial charge in [-0.1, -0.05) is 32.0 Å². The van der Waals surface area contributed by atoms with Gasteiger partial charge in [-0.3, -0.25) is 24.0 Å². The lowest BCUT2D eigenvalue weighted by molar-refractivity contribution is -0.139. The second-order valence-electron chi connectivity index (χ2n) is 10.4. The first kappa shape index (κ1) is 44.4. The van der Waals surface area contributed by atoms with Crippen LogP contribution in [0, 0.1) is 5.92 Å². The van der Waals surface area contributed by atoms with E-state index in [2.05, 4.69) is 16.0 Å². The number of carboxylic acid groups (broad SMARTS) is 5. The van der Waals surface area contributed by atoms with Crippen molar-refractivity contribution in [1.29, 1.82) is 0 Å². The van der Waals surface area contributed by atoms with Crippen LogP contribution in [0.5, 0.6) is 0 Å². The van der Waals surface area contributed by atoms with Gasteiger partial charge in [-0.15, -0.1) is 0 Å². The van der Waals surface area contributed by atoms with Gasteiger partial charge < -0.3 is 58.8 Å². The first-order chi connectivity index (χ1) is 21.5. The number of H-pyrrole nitrogens is 1. The lowest BCUT2D eigenvalue weighted by atomic mass is 10.1. The Bertz CT molecular complexity index is 1190. The number of hydrogen-bond donors (Lipinski definition) is 11. The van der Waals surface area contributed by atoms with Crippen LogP contribution in [0.25, 0.3) is 10.9 Å². The Morgan fingerprint density at radius 3 is 1.83 bits per heavy atom. The summed E-state index contributed by atoms with van der Waals surface area (Å²) in [6, 6.07) is 5.27. The number of carboxylic acids is 5. The van der Waals surface area contributed by atoms with E-state index >= 15 is 0 Å². The maximum atomic E-state index is 10.6. The molecule has 16 nitrogen and oxygen atoms in total. The molecule has 3 rings (SSSR count). The number of thioether (sulfide) groups is 1. The van der Waals surface area contributed by atoms with Gasteiger partial charge in [0.1, 0.15) is 24.2 Å². The second-order valence-corrected chi connectivity index (χ2v) is 11.4. The SMILES string of the molecule is CC(C)CC(N)C(=O)O.CSCCC(N)C(=O)O.NC(Cc1c[nH]c2ccccc12)C(=O)O.NCC(=O)O.O=C(O)[C@@H]1CCCN1. The summed E-state index contributed by atoms with van der Waals surface area (Å²) in [7, 11) is 0. The molecule has 15 N–H and O–H groups in total. The summed E-state index contributed by atoms with van der Waals surface area (Å²) in [5.41, 5.74) is 22.4. The lowest BCUT2D eigenvalue weighted by Crippen LogP contribution is -2.32. The molecular weight excluding hydrogens is 624 g/mol. The van der Waals surface area contributed by atoms with Gasteiger partial charge >= 0.3 is 29.8 Å². The summed E-state index contributed by atoms with van der Waals surface area (Å²) < 4.78 is 0. The zero-order valence-electron chi connectivity index (χ0n) is 26.4. The van der Waals surface area contributed by atoms with Crippen LogP contribution < -0.4 is 28.3 Å². The van der Waals surface area contributed by atoms with E-state index in [1.54, 1.807) is 11.8 Å². The molecule has 1 aliphatic heterocycles. The van der Waals surface area contributed by atoms with Crippen molar-refractivity contribution in [1.82, 2.24) is 10.3 Å². The molecule has 17 heteroatoms. The standard InChI is InChI=1S/C11H12N2O2.C6H13NO2.C5H11NO2S.C5H9NO2.C2H5NO2/c12-9(11(14)15)5-7-6-13-10-4-2-1-3-8(7)10;1-4(2)3-5(7)6(8)9;1-9-3-2-4(6)5(7)8;7-5(8)4-2-1-3-6-4;3-1-2(4)5/h1-4,6,9,13H,5,12H2,(H,14,15);4-5H,3,7H2,1-2H3,(H,8,9);4H,2-3,6H2,1H3,(H,7,8);4,6H,1-3H2,(H,7,8);1,3H2,(H,4,5)/t;;;4-;/m...0./s1. The van der Waals surface area contributed by atoms with Crippen LogP contribution in [0.15, 0.2) is 30.5 Å². The van der Waals surface area contributed by atoms with E-state index in [1.807, 2.05) is 50.6 Å². The minimum atomic E-state index is -0.972. The van der Waals surface area contributed by atoms with Gasteiger partial charge in [-0.05, 0) is 61.8 Å². The normalized spacial score (nSPS) is 15.2. The highest BCUT2D eigenvalue weighted by Gasteiger charge is 2.20. The number of benzene rings is 1. The molecular formula is C29H50N6O10S. The maximum Gasteiger partial charge on any atom is 0.320 e. The molecule has 1 aromatic carbocycles. The fraction of sp³-hybridized carbons (Fsp3) is 0.552. The number of para-hydroxylation sites is 1. The Morgan fingerprint density at radius 2 is 1.46 bits per heavy atom. The summed E-state index contributed by atoms with van der Waals surface area (Å²) in [5, 5.41) is 45.1. The van der Waals surface area contributed by atoms with Crippen molar-refractivity contribution in [2.75, 3.05) is 25.1 Å². The zero-order chi connectivity index (χ0) is 35.8. The molecule has 0 aliphatic carbocycles. The number of nitrogens with one attached hydrogen (secondary N) is 2. The zero-order valence-corrected chi connectivity index (χ0v) is 27.2. The van der Waals surface area contributed by atoms with E-state index in [0.29, 0.717) is 25.2 Å². The van der Waals surface area contributed by atoms with Gasteiger partial charge in [0.2, 0.25) is 0 Å². The van der Waals surface area contributed by atoms with Gasteiger partial charge in [0.05, 0.1) is 6.54 Å². The molecule has 262 valence electrons. The van der Waals surface area contributed by atoms with Crippen LogP contribution >= 0.6 is 11.8 Å². The lowest BCUT2D eigenvalue weighted by Gasteiger charge is -2.07. The highest BCUT2D eigenvalue weighted by molar-refractivity contribution is 7.98. The molecule has 2 aromatic rings. The monoisotopic (exact) mass is 674 g/mol. The van der Waals surface area contributed by atoms with Crippen molar-refractivity contribution in [3.8, 4) is 0 Å². The molecule has 0 radical (unpaired) electrons. The fourth-order valence-corrected chi connectivity index (χ4v) is 3.99. The van der Waals surface area contributed by atoms with Gasteiger partial charge in [0, 0.05) is 23.5 Å². The van der Waals surface area contributed by atoms with E-state index in [4.69, 9.17) is 42.7 Å². The van der Waals surface area contributed by atoms with Crippen molar-refractivity contribution >= 4 is 52.5 Å². The summed E-state index contributed by atoms with van der Waals surface area (Å²) in [6.45, 7) is 4.47. The molecule has 3 unspecified atom stereocenters. The smallest absolute Gasteiger partial charge is 0.320 e. The third kappa shape index (κ3) is 21.9. The van der Waals surface area contributed by atoms with E-state index in [-0.39, 0.29) is 12.6 Å². The van der Waals surface area contributed by atoms with Crippen LogP contribution in [0.4, 0.5) is 0 Å². The molecule has 0 amide bonds. The number of aromatic amines is 1. The minimum Gasteiger partial charge on any atom is -0.480 e. The van der Waals surface area contributed by atoms with Crippen LogP contribution in [0.1, 0.15) is 45.1 Å². The molecule has 0 saturated carbocycles. The quantitative estimate of drug-likeness (QED) is 0.146. The minimum absolute atomic E-state index is 0.269. The predicted molar refractivity (Wildman–Crippen MR) is 177 cm³/mol. The number of aliphatic carboxylic acids is 5. The Labute approximate surface area is 272 Å². The van der Waals surface area contributed by atoms with E-state index in [1.165, 1.54) is 0 Å². The molecule has 1 fully saturated rings. The van der Waals surface area contributed by atoms with Crippen LogP contribution in [0.3, 0.4) is 0 Å². The Morgan fingerprint density at radius 1 is 0.913 bits per heavy atom. The Hall–Kier alpha value is -3.74. The van der Waals surface area contributed by atoms with Crippen molar-refractivity contribution in [3.05, 3.63) is 36.0 Å². The van der Waals surface area contributed by atoms with Crippen LogP contribution in [-0.4, -0.2) is 110 Å². The molecule has 0 spiro atoms. The van der Waals surface area contributed by atoms with Gasteiger partial charge in [0.15, 0.2) is 0 Å². The number of hydrogen-bond acceptors (Lipinski definition) is 11. The predicted octanol–water partition coefficient (Wildman–Crippen LogP) is 0.571. The summed E-state index contributed by atoms with van der Waals surface area (Å²) >= 11 is 1.60. The van der Waals surface area contributed by atoms with Gasteiger partial charge in [-0.2, -0.15) is 11.8 Å².